The summed E-state index contributed by atoms with van der Waals surface area (Å²) < 4.78 is 1.81. The lowest BCUT2D eigenvalue weighted by atomic mass is 10.1. The Kier molecular flexibility index (Phi) is 3.02. The number of nitrogen functional groups attached to an aromatic ring is 1. The molecule has 2 heterocycles. The van der Waals surface area contributed by atoms with Crippen LogP contribution in [0.1, 0.15) is 5.56 Å². The van der Waals surface area contributed by atoms with Crippen LogP contribution in [0, 0.1) is 0 Å². The molecule has 0 saturated heterocycles. The number of nitrogens with two attached hydrogens (primary N) is 1. The molecule has 0 aliphatic heterocycles. The molecule has 0 saturated carbocycles. The summed E-state index contributed by atoms with van der Waals surface area (Å²) in [5.74, 6) is 0. The molecular formula is C15H17N5. The van der Waals surface area contributed by atoms with Gasteiger partial charge in [-0.1, -0.05) is 0 Å². The molecule has 0 bridgehead atoms. The number of rotatable bonds is 3. The molecule has 0 atom stereocenters. The lowest BCUT2D eigenvalue weighted by Crippen LogP contribution is -2.16. The second-order valence-corrected chi connectivity index (χ2v) is 4.97. The van der Waals surface area contributed by atoms with E-state index in [1.165, 1.54) is 5.56 Å². The normalized spacial score (nSPS) is 10.9. The summed E-state index contributed by atoms with van der Waals surface area (Å²) in [6, 6.07) is 5.93. The lowest BCUT2D eigenvalue weighted by molar-refractivity contribution is 0.766. The zero-order valence-corrected chi connectivity index (χ0v) is 11.6. The molecule has 0 spiro atoms. The maximum atomic E-state index is 6.02. The van der Waals surface area contributed by atoms with Crippen LogP contribution in [0.2, 0.25) is 0 Å². The monoisotopic (exact) mass is 267 g/mol. The van der Waals surface area contributed by atoms with E-state index in [0.717, 1.165) is 28.7 Å². The van der Waals surface area contributed by atoms with Crippen LogP contribution in [0.4, 0.5) is 11.4 Å². The topological polar surface area (TPSA) is 60.0 Å². The molecule has 1 aromatic carbocycles. The molecule has 0 radical (unpaired) electrons. The van der Waals surface area contributed by atoms with Gasteiger partial charge in [-0.2, -0.15) is 5.10 Å². The molecule has 3 aromatic rings. The van der Waals surface area contributed by atoms with Gasteiger partial charge in [0.15, 0.2) is 0 Å². The van der Waals surface area contributed by atoms with Crippen molar-refractivity contribution in [1.82, 2.24) is 14.8 Å². The lowest BCUT2D eigenvalue weighted by Gasteiger charge is -2.21. The van der Waals surface area contributed by atoms with Crippen LogP contribution < -0.4 is 10.6 Å². The van der Waals surface area contributed by atoms with E-state index in [2.05, 4.69) is 22.0 Å². The summed E-state index contributed by atoms with van der Waals surface area (Å²) in [4.78, 5) is 6.39. The number of nitrogens with zero attached hydrogens (tertiary/aromatic N) is 4. The van der Waals surface area contributed by atoms with E-state index < -0.39 is 0 Å². The molecule has 0 fully saturated rings. The summed E-state index contributed by atoms with van der Waals surface area (Å²) in [6.45, 7) is 0.793. The van der Waals surface area contributed by atoms with Gasteiger partial charge in [-0.25, -0.2) is 0 Å². The second kappa shape index (κ2) is 4.85. The molecule has 0 unspecified atom stereocenters. The molecule has 0 amide bonds. The van der Waals surface area contributed by atoms with Crippen molar-refractivity contribution in [1.29, 1.82) is 0 Å². The van der Waals surface area contributed by atoms with Crippen molar-refractivity contribution in [3.8, 4) is 0 Å². The van der Waals surface area contributed by atoms with Gasteiger partial charge in [0.25, 0.3) is 0 Å². The van der Waals surface area contributed by atoms with Crippen molar-refractivity contribution in [2.24, 2.45) is 7.05 Å². The Hall–Kier alpha value is -2.56. The fourth-order valence-electron chi connectivity index (χ4n) is 2.44. The van der Waals surface area contributed by atoms with Crippen LogP contribution in [0.25, 0.3) is 10.8 Å². The van der Waals surface area contributed by atoms with Gasteiger partial charge < -0.3 is 10.6 Å². The third kappa shape index (κ3) is 2.18. The summed E-state index contributed by atoms with van der Waals surface area (Å²) >= 11 is 0. The minimum atomic E-state index is 0.779. The van der Waals surface area contributed by atoms with Gasteiger partial charge in [-0.05, 0) is 18.2 Å². The van der Waals surface area contributed by atoms with Gasteiger partial charge in [0.1, 0.15) is 0 Å². The largest absolute Gasteiger partial charge is 0.398 e. The Labute approximate surface area is 117 Å². The number of fused-ring (bicyclic) bond motifs is 1. The predicted octanol–water partition coefficient (Wildman–Crippen LogP) is 2.19. The van der Waals surface area contributed by atoms with E-state index in [0.29, 0.717) is 0 Å². The van der Waals surface area contributed by atoms with Crippen LogP contribution in [0.3, 0.4) is 0 Å². The van der Waals surface area contributed by atoms with E-state index in [4.69, 9.17) is 5.73 Å². The molecule has 3 rings (SSSR count). The van der Waals surface area contributed by atoms with Gasteiger partial charge in [0, 0.05) is 66.9 Å². The predicted molar refractivity (Wildman–Crippen MR) is 81.5 cm³/mol. The molecule has 5 nitrogen and oxygen atoms in total. The average Bonchev–Trinajstić information content (AvgIpc) is 2.84. The van der Waals surface area contributed by atoms with Crippen molar-refractivity contribution in [2.45, 2.75) is 6.54 Å². The first-order valence-electron chi connectivity index (χ1n) is 6.46. The number of aryl methyl sites for hydroxylation is 1. The third-order valence-electron chi connectivity index (χ3n) is 3.42. The number of pyridine rings is 1. The number of aromatic nitrogens is 3. The van der Waals surface area contributed by atoms with E-state index in [1.807, 2.05) is 48.5 Å². The Morgan fingerprint density at radius 1 is 1.20 bits per heavy atom. The zero-order chi connectivity index (χ0) is 14.1. The smallest absolute Gasteiger partial charge is 0.0539 e. The summed E-state index contributed by atoms with van der Waals surface area (Å²) in [5, 5.41) is 6.30. The summed E-state index contributed by atoms with van der Waals surface area (Å²) in [7, 11) is 3.98. The first kappa shape index (κ1) is 12.5. The summed E-state index contributed by atoms with van der Waals surface area (Å²) in [6.07, 6.45) is 7.53. The van der Waals surface area contributed by atoms with Crippen molar-refractivity contribution in [3.05, 3.63) is 48.5 Å². The first-order valence-corrected chi connectivity index (χ1v) is 6.46. The highest BCUT2D eigenvalue weighted by Crippen LogP contribution is 2.30. The number of anilines is 2. The van der Waals surface area contributed by atoms with E-state index >= 15 is 0 Å². The minimum Gasteiger partial charge on any atom is -0.398 e. The van der Waals surface area contributed by atoms with Crippen molar-refractivity contribution in [3.63, 3.8) is 0 Å². The van der Waals surface area contributed by atoms with Gasteiger partial charge in [0.2, 0.25) is 0 Å². The van der Waals surface area contributed by atoms with E-state index in [-0.39, 0.29) is 0 Å². The maximum absolute atomic E-state index is 6.02. The summed E-state index contributed by atoms with van der Waals surface area (Å²) in [5.41, 5.74) is 9.09. The molecule has 2 aromatic heterocycles. The molecule has 0 aliphatic carbocycles. The van der Waals surface area contributed by atoms with Crippen molar-refractivity contribution >= 4 is 22.1 Å². The Morgan fingerprint density at radius 2 is 2.05 bits per heavy atom. The molecule has 2 N–H and O–H groups in total. The number of hydrogen-bond donors (Lipinski definition) is 1. The molecule has 5 heteroatoms. The van der Waals surface area contributed by atoms with Gasteiger partial charge in [-0.3, -0.25) is 9.67 Å². The average molecular weight is 267 g/mol. The van der Waals surface area contributed by atoms with Crippen LogP contribution >= 0.6 is 0 Å². The molecule has 0 aliphatic rings. The van der Waals surface area contributed by atoms with Crippen molar-refractivity contribution < 1.29 is 0 Å². The second-order valence-electron chi connectivity index (χ2n) is 4.97. The Bertz CT molecular complexity index is 747. The SMILES string of the molecule is CN(Cc1cnn(C)c1)c1ccc(N)c2ccncc12. The van der Waals surface area contributed by atoms with E-state index in [1.54, 1.807) is 6.20 Å². The first-order chi connectivity index (χ1) is 9.65. The van der Waals surface area contributed by atoms with Gasteiger partial charge >= 0.3 is 0 Å². The van der Waals surface area contributed by atoms with Gasteiger partial charge in [0.05, 0.1) is 6.20 Å². The molecule has 102 valence electrons. The van der Waals surface area contributed by atoms with Crippen LogP contribution in [0.15, 0.2) is 43.0 Å². The van der Waals surface area contributed by atoms with Crippen LogP contribution in [-0.4, -0.2) is 21.8 Å². The maximum Gasteiger partial charge on any atom is 0.0539 e. The quantitative estimate of drug-likeness (QED) is 0.739. The fourth-order valence-corrected chi connectivity index (χ4v) is 2.44. The standard InChI is InChI=1S/C15H17N5/c1-19(9-11-7-18-20(2)10-11)15-4-3-14(16)12-5-6-17-8-13(12)15/h3-8,10H,9,16H2,1-2H3. The third-order valence-corrected chi connectivity index (χ3v) is 3.42. The highest BCUT2D eigenvalue weighted by Gasteiger charge is 2.09. The zero-order valence-electron chi connectivity index (χ0n) is 11.6. The van der Waals surface area contributed by atoms with Crippen LogP contribution in [0.5, 0.6) is 0 Å². The minimum absolute atomic E-state index is 0.779. The van der Waals surface area contributed by atoms with Gasteiger partial charge in [-0.15, -0.1) is 0 Å². The van der Waals surface area contributed by atoms with E-state index in [9.17, 15) is 0 Å². The van der Waals surface area contributed by atoms with Crippen LogP contribution in [-0.2, 0) is 13.6 Å². The molecular weight excluding hydrogens is 250 g/mol. The number of hydrogen-bond acceptors (Lipinski definition) is 4. The Balaban J connectivity index is 1.99. The number of benzene rings is 1. The highest BCUT2D eigenvalue weighted by atomic mass is 15.2. The Morgan fingerprint density at radius 3 is 2.80 bits per heavy atom. The highest BCUT2D eigenvalue weighted by molar-refractivity contribution is 6.00. The molecule has 20 heavy (non-hydrogen) atoms. The fraction of sp³-hybridized carbons (Fsp3) is 0.200. The van der Waals surface area contributed by atoms with Crippen molar-refractivity contribution in [2.75, 3.05) is 17.7 Å².